The summed E-state index contributed by atoms with van der Waals surface area (Å²) in [7, 11) is -3.89. The lowest BCUT2D eigenvalue weighted by Gasteiger charge is -2.17. The lowest BCUT2D eigenvalue weighted by atomic mass is 10.1. The summed E-state index contributed by atoms with van der Waals surface area (Å²) in [6.45, 7) is 1.88. The standard InChI is InChI=1S/C15H13BrCl2O3S/c1-10-2-5-12(6-3-10)22(19,20)21-15(9-16)13-7-4-11(17)8-14(13)18/h2-8,15H,9H2,1H3. The third kappa shape index (κ3) is 4.24. The predicted molar refractivity (Wildman–Crippen MR) is 92.4 cm³/mol. The third-order valence-electron chi connectivity index (χ3n) is 3.00. The van der Waals surface area contributed by atoms with E-state index in [4.69, 9.17) is 27.4 Å². The van der Waals surface area contributed by atoms with Gasteiger partial charge in [0.25, 0.3) is 10.1 Å². The Bertz CT molecular complexity index is 761. The number of halogens is 3. The highest BCUT2D eigenvalue weighted by molar-refractivity contribution is 9.09. The van der Waals surface area contributed by atoms with E-state index in [1.54, 1.807) is 30.3 Å². The molecule has 0 radical (unpaired) electrons. The lowest BCUT2D eigenvalue weighted by molar-refractivity contribution is 0.240. The summed E-state index contributed by atoms with van der Waals surface area (Å²) in [6, 6.07) is 11.3. The van der Waals surface area contributed by atoms with Crippen LogP contribution in [-0.2, 0) is 14.3 Å². The molecule has 2 aromatic carbocycles. The van der Waals surface area contributed by atoms with E-state index in [0.717, 1.165) is 5.56 Å². The molecule has 2 rings (SSSR count). The van der Waals surface area contributed by atoms with Crippen molar-refractivity contribution in [2.75, 3.05) is 5.33 Å². The van der Waals surface area contributed by atoms with Crippen molar-refractivity contribution in [1.82, 2.24) is 0 Å². The second kappa shape index (κ2) is 7.32. The Morgan fingerprint density at radius 3 is 2.32 bits per heavy atom. The van der Waals surface area contributed by atoms with E-state index in [1.807, 2.05) is 6.92 Å². The highest BCUT2D eigenvalue weighted by atomic mass is 79.9. The molecule has 0 saturated carbocycles. The van der Waals surface area contributed by atoms with Crippen LogP contribution >= 0.6 is 39.1 Å². The number of hydrogen-bond donors (Lipinski definition) is 0. The fourth-order valence-electron chi connectivity index (χ4n) is 1.84. The largest absolute Gasteiger partial charge is 0.297 e. The highest BCUT2D eigenvalue weighted by Gasteiger charge is 2.24. The minimum Gasteiger partial charge on any atom is -0.257 e. The van der Waals surface area contributed by atoms with Gasteiger partial charge >= 0.3 is 0 Å². The summed E-state index contributed by atoms with van der Waals surface area (Å²) in [5.41, 5.74) is 1.52. The number of benzene rings is 2. The van der Waals surface area contributed by atoms with Crippen molar-refractivity contribution in [3.05, 3.63) is 63.6 Å². The van der Waals surface area contributed by atoms with Gasteiger partial charge in [0.15, 0.2) is 0 Å². The molecule has 0 aliphatic rings. The number of hydrogen-bond acceptors (Lipinski definition) is 3. The fourth-order valence-corrected chi connectivity index (χ4v) is 4.08. The first-order chi connectivity index (χ1) is 10.3. The van der Waals surface area contributed by atoms with Gasteiger partial charge in [-0.2, -0.15) is 8.42 Å². The first kappa shape index (κ1) is 17.8. The van der Waals surface area contributed by atoms with Gasteiger partial charge in [0.2, 0.25) is 0 Å². The molecule has 2 aromatic rings. The zero-order valence-corrected chi connectivity index (χ0v) is 15.5. The van der Waals surface area contributed by atoms with Crippen LogP contribution in [0.2, 0.25) is 10.0 Å². The van der Waals surface area contributed by atoms with Gasteiger partial charge in [-0.1, -0.05) is 62.9 Å². The molecule has 0 fully saturated rings. The Hall–Kier alpha value is -0.590. The smallest absolute Gasteiger partial charge is 0.257 e. The molecule has 22 heavy (non-hydrogen) atoms. The predicted octanol–water partition coefficient (Wildman–Crippen LogP) is 5.14. The van der Waals surface area contributed by atoms with Crippen LogP contribution in [0.25, 0.3) is 0 Å². The van der Waals surface area contributed by atoms with E-state index >= 15 is 0 Å². The molecule has 7 heteroatoms. The van der Waals surface area contributed by atoms with E-state index in [0.29, 0.717) is 15.6 Å². The van der Waals surface area contributed by atoms with Crippen LogP contribution in [0.15, 0.2) is 47.4 Å². The summed E-state index contributed by atoms with van der Waals surface area (Å²) in [6.07, 6.45) is -0.740. The minimum atomic E-state index is -3.89. The Balaban J connectivity index is 2.31. The van der Waals surface area contributed by atoms with Crippen molar-refractivity contribution in [2.45, 2.75) is 17.9 Å². The quantitative estimate of drug-likeness (QED) is 0.493. The van der Waals surface area contributed by atoms with E-state index in [9.17, 15) is 8.42 Å². The van der Waals surface area contributed by atoms with Gasteiger partial charge in [0.05, 0.1) is 4.90 Å². The van der Waals surface area contributed by atoms with E-state index in [1.165, 1.54) is 12.1 Å². The molecule has 0 saturated heterocycles. The van der Waals surface area contributed by atoms with Crippen LogP contribution in [0.5, 0.6) is 0 Å². The monoisotopic (exact) mass is 422 g/mol. The maximum absolute atomic E-state index is 12.4. The second-order valence-electron chi connectivity index (χ2n) is 4.67. The molecular formula is C15H13BrCl2O3S. The zero-order valence-electron chi connectivity index (χ0n) is 11.6. The molecule has 0 aromatic heterocycles. The van der Waals surface area contributed by atoms with Gasteiger partial charge in [-0.3, -0.25) is 4.18 Å². The van der Waals surface area contributed by atoms with Crippen LogP contribution in [0.3, 0.4) is 0 Å². The number of alkyl halides is 1. The molecule has 0 heterocycles. The van der Waals surface area contributed by atoms with Gasteiger partial charge in [-0.25, -0.2) is 0 Å². The molecule has 0 spiro atoms. The Kier molecular flexibility index (Phi) is 5.91. The normalized spacial score (nSPS) is 13.1. The van der Waals surface area contributed by atoms with Crippen molar-refractivity contribution in [3.63, 3.8) is 0 Å². The first-order valence-corrected chi connectivity index (χ1v) is 9.63. The zero-order chi connectivity index (χ0) is 16.3. The fraction of sp³-hybridized carbons (Fsp3) is 0.200. The van der Waals surface area contributed by atoms with Gasteiger partial charge in [-0.15, -0.1) is 0 Å². The maximum Gasteiger partial charge on any atom is 0.297 e. The summed E-state index contributed by atoms with van der Waals surface area (Å²) < 4.78 is 30.0. The summed E-state index contributed by atoms with van der Waals surface area (Å²) in [5.74, 6) is 0. The highest BCUT2D eigenvalue weighted by Crippen LogP contribution is 2.32. The number of aryl methyl sites for hydroxylation is 1. The van der Waals surface area contributed by atoms with Crippen molar-refractivity contribution in [2.24, 2.45) is 0 Å². The molecule has 0 amide bonds. The summed E-state index contributed by atoms with van der Waals surface area (Å²) in [4.78, 5) is 0.106. The van der Waals surface area contributed by atoms with Crippen molar-refractivity contribution in [1.29, 1.82) is 0 Å². The summed E-state index contributed by atoms with van der Waals surface area (Å²) >= 11 is 15.2. The van der Waals surface area contributed by atoms with Crippen molar-refractivity contribution < 1.29 is 12.6 Å². The van der Waals surface area contributed by atoms with Gasteiger partial charge in [0, 0.05) is 20.9 Å². The van der Waals surface area contributed by atoms with Crippen LogP contribution in [0.1, 0.15) is 17.2 Å². The van der Waals surface area contributed by atoms with Crippen molar-refractivity contribution >= 4 is 49.2 Å². The van der Waals surface area contributed by atoms with E-state index < -0.39 is 16.2 Å². The van der Waals surface area contributed by atoms with Crippen molar-refractivity contribution in [3.8, 4) is 0 Å². The SMILES string of the molecule is Cc1ccc(S(=O)(=O)OC(CBr)c2ccc(Cl)cc2Cl)cc1. The molecule has 118 valence electrons. The Labute approximate surface area is 148 Å². The number of rotatable bonds is 5. The van der Waals surface area contributed by atoms with E-state index in [2.05, 4.69) is 15.9 Å². The average molecular weight is 424 g/mol. The lowest BCUT2D eigenvalue weighted by Crippen LogP contribution is -2.14. The maximum atomic E-state index is 12.4. The third-order valence-corrected chi connectivity index (χ3v) is 5.49. The molecule has 0 bridgehead atoms. The van der Waals surface area contributed by atoms with Crippen LogP contribution < -0.4 is 0 Å². The molecule has 3 nitrogen and oxygen atoms in total. The van der Waals surface area contributed by atoms with E-state index in [-0.39, 0.29) is 10.2 Å². The van der Waals surface area contributed by atoms with Gasteiger partial charge in [-0.05, 0) is 31.2 Å². The van der Waals surface area contributed by atoms with Crippen LogP contribution in [0, 0.1) is 6.92 Å². The Morgan fingerprint density at radius 1 is 1.14 bits per heavy atom. The van der Waals surface area contributed by atoms with Gasteiger partial charge in [0.1, 0.15) is 6.10 Å². The van der Waals surface area contributed by atoms with Crippen LogP contribution in [-0.4, -0.2) is 13.7 Å². The summed E-state index contributed by atoms with van der Waals surface area (Å²) in [5, 5.41) is 1.11. The average Bonchev–Trinajstić information content (AvgIpc) is 2.46. The molecule has 0 aliphatic carbocycles. The molecule has 0 aliphatic heterocycles. The first-order valence-electron chi connectivity index (χ1n) is 6.34. The molecule has 0 N–H and O–H groups in total. The second-order valence-corrected chi connectivity index (χ2v) is 7.74. The molecular weight excluding hydrogens is 411 g/mol. The molecule has 1 atom stereocenters. The molecule has 1 unspecified atom stereocenters. The topological polar surface area (TPSA) is 43.4 Å². The van der Waals surface area contributed by atoms with Crippen LogP contribution in [0.4, 0.5) is 0 Å². The Morgan fingerprint density at radius 2 is 1.77 bits per heavy atom. The van der Waals surface area contributed by atoms with Gasteiger partial charge < -0.3 is 0 Å². The minimum absolute atomic E-state index is 0.106.